The zero-order chi connectivity index (χ0) is 19.5. The number of hydrogen-bond acceptors (Lipinski definition) is 6. The highest BCUT2D eigenvalue weighted by Gasteiger charge is 2.25. The van der Waals surface area contributed by atoms with E-state index in [0.717, 1.165) is 36.2 Å². The lowest BCUT2D eigenvalue weighted by atomic mass is 9.99. The number of benzene rings is 1. The zero-order valence-electron chi connectivity index (χ0n) is 15.5. The number of ether oxygens (including phenoxy) is 1. The Morgan fingerprint density at radius 3 is 2.64 bits per heavy atom. The topological polar surface area (TPSA) is 75.4 Å². The molecule has 0 spiro atoms. The fourth-order valence-electron chi connectivity index (χ4n) is 3.17. The van der Waals surface area contributed by atoms with Crippen LogP contribution in [0.3, 0.4) is 0 Å². The van der Waals surface area contributed by atoms with E-state index in [0.29, 0.717) is 41.5 Å². The summed E-state index contributed by atoms with van der Waals surface area (Å²) in [6.07, 6.45) is 2.17. The highest BCUT2D eigenvalue weighted by molar-refractivity contribution is 9.10. The maximum atomic E-state index is 9.44. The Morgan fingerprint density at radius 2 is 1.93 bits per heavy atom. The predicted molar refractivity (Wildman–Crippen MR) is 108 cm³/mol. The van der Waals surface area contributed by atoms with Crippen molar-refractivity contribution in [1.29, 1.82) is 5.26 Å². The van der Waals surface area contributed by atoms with E-state index in [4.69, 9.17) is 13.6 Å². The second-order valence-electron chi connectivity index (χ2n) is 6.96. The van der Waals surface area contributed by atoms with Crippen molar-refractivity contribution in [3.8, 4) is 23.5 Å². The van der Waals surface area contributed by atoms with Gasteiger partial charge in [-0.05, 0) is 55.2 Å². The Hall–Kier alpha value is -2.72. The second-order valence-corrected chi connectivity index (χ2v) is 7.88. The molecule has 3 aromatic rings. The Morgan fingerprint density at radius 1 is 1.18 bits per heavy atom. The van der Waals surface area contributed by atoms with Crippen LogP contribution in [0.4, 0.5) is 5.88 Å². The maximum absolute atomic E-state index is 9.44. The molecule has 1 aliphatic rings. The van der Waals surface area contributed by atoms with Crippen molar-refractivity contribution in [2.24, 2.45) is 5.92 Å². The van der Waals surface area contributed by atoms with E-state index in [1.54, 1.807) is 6.07 Å². The van der Waals surface area contributed by atoms with Gasteiger partial charge >= 0.3 is 0 Å². The molecule has 0 unspecified atom stereocenters. The summed E-state index contributed by atoms with van der Waals surface area (Å²) in [5.74, 6) is 3.45. The van der Waals surface area contributed by atoms with E-state index in [1.807, 2.05) is 30.3 Å². The van der Waals surface area contributed by atoms with Crippen molar-refractivity contribution in [1.82, 2.24) is 4.98 Å². The Labute approximate surface area is 171 Å². The third kappa shape index (κ3) is 4.07. The summed E-state index contributed by atoms with van der Waals surface area (Å²) in [5.41, 5.74) is 0.300. The molecule has 4 rings (SSSR count). The fourth-order valence-corrected chi connectivity index (χ4v) is 3.44. The van der Waals surface area contributed by atoms with Crippen LogP contribution in [0.15, 0.2) is 49.7 Å². The monoisotopic (exact) mass is 441 g/mol. The molecule has 2 aromatic heterocycles. The molecule has 7 heteroatoms. The van der Waals surface area contributed by atoms with Crippen molar-refractivity contribution < 1.29 is 13.6 Å². The maximum Gasteiger partial charge on any atom is 0.266 e. The van der Waals surface area contributed by atoms with Crippen LogP contribution < -0.4 is 9.64 Å². The molecular weight excluding hydrogens is 422 g/mol. The standard InChI is InChI=1S/C21H20BrN3O3/c1-14-8-10-25(11-9-14)21-18(12-23)24-20(28-21)19-7-6-17(27-19)13-26-16-4-2-15(22)3-5-16/h2-7,14H,8-11,13H2,1H3. The van der Waals surface area contributed by atoms with Crippen LogP contribution in [0.25, 0.3) is 11.7 Å². The number of halogens is 1. The molecule has 1 aromatic carbocycles. The first-order valence-electron chi connectivity index (χ1n) is 9.25. The first-order chi connectivity index (χ1) is 13.6. The van der Waals surface area contributed by atoms with Gasteiger partial charge in [0, 0.05) is 17.6 Å². The van der Waals surface area contributed by atoms with Gasteiger partial charge in [-0.15, -0.1) is 0 Å². The number of piperidine rings is 1. The average Bonchev–Trinajstić information content (AvgIpc) is 3.35. The van der Waals surface area contributed by atoms with E-state index in [2.05, 4.69) is 38.8 Å². The van der Waals surface area contributed by atoms with Gasteiger partial charge in [0.2, 0.25) is 11.6 Å². The van der Waals surface area contributed by atoms with E-state index in [9.17, 15) is 5.26 Å². The highest BCUT2D eigenvalue weighted by Crippen LogP contribution is 2.32. The van der Waals surface area contributed by atoms with Crippen LogP contribution in [-0.4, -0.2) is 18.1 Å². The van der Waals surface area contributed by atoms with E-state index >= 15 is 0 Å². The van der Waals surface area contributed by atoms with Gasteiger partial charge in [-0.25, -0.2) is 0 Å². The number of nitriles is 1. The number of nitrogens with zero attached hydrogens (tertiary/aromatic N) is 3. The number of rotatable bonds is 5. The first-order valence-corrected chi connectivity index (χ1v) is 10.0. The summed E-state index contributed by atoms with van der Waals surface area (Å²) < 4.78 is 18.4. The van der Waals surface area contributed by atoms with Gasteiger partial charge in [0.1, 0.15) is 24.2 Å². The predicted octanol–water partition coefficient (Wildman–Crippen LogP) is 5.38. The summed E-state index contributed by atoms with van der Waals surface area (Å²) >= 11 is 3.40. The molecule has 3 heterocycles. The molecule has 1 saturated heterocycles. The molecule has 6 nitrogen and oxygen atoms in total. The van der Waals surface area contributed by atoms with Crippen molar-refractivity contribution >= 4 is 21.8 Å². The average molecular weight is 442 g/mol. The summed E-state index contributed by atoms with van der Waals surface area (Å²) in [6.45, 7) is 4.28. The molecule has 0 aliphatic carbocycles. The van der Waals surface area contributed by atoms with Gasteiger partial charge in [-0.2, -0.15) is 10.2 Å². The molecule has 0 N–H and O–H groups in total. The Bertz CT molecular complexity index is 979. The van der Waals surface area contributed by atoms with Crippen LogP contribution in [0.5, 0.6) is 5.75 Å². The SMILES string of the molecule is CC1CCN(c2oc(-c3ccc(COc4ccc(Br)cc4)o3)nc2C#N)CC1. The van der Waals surface area contributed by atoms with Crippen LogP contribution in [-0.2, 0) is 6.61 Å². The van der Waals surface area contributed by atoms with Crippen LogP contribution >= 0.6 is 15.9 Å². The minimum absolute atomic E-state index is 0.296. The lowest BCUT2D eigenvalue weighted by Gasteiger charge is -2.29. The van der Waals surface area contributed by atoms with Gasteiger partial charge in [-0.3, -0.25) is 0 Å². The molecule has 28 heavy (non-hydrogen) atoms. The number of oxazole rings is 1. The summed E-state index contributed by atoms with van der Waals surface area (Å²) in [7, 11) is 0. The Kier molecular flexibility index (Phi) is 5.40. The molecule has 144 valence electrons. The van der Waals surface area contributed by atoms with E-state index in [1.165, 1.54) is 0 Å². The summed E-state index contributed by atoms with van der Waals surface area (Å²) in [5, 5.41) is 9.44. The lowest BCUT2D eigenvalue weighted by Crippen LogP contribution is -2.32. The van der Waals surface area contributed by atoms with Gasteiger partial charge < -0.3 is 18.5 Å². The zero-order valence-corrected chi connectivity index (χ0v) is 17.1. The largest absolute Gasteiger partial charge is 0.486 e. The minimum atomic E-state index is 0.296. The molecule has 1 fully saturated rings. The fraction of sp³-hybridized carbons (Fsp3) is 0.333. The summed E-state index contributed by atoms with van der Waals surface area (Å²) in [6, 6.07) is 13.3. The molecule has 1 aliphatic heterocycles. The van der Waals surface area contributed by atoms with E-state index < -0.39 is 0 Å². The van der Waals surface area contributed by atoms with Crippen molar-refractivity contribution in [2.45, 2.75) is 26.4 Å². The number of furan rings is 1. The smallest absolute Gasteiger partial charge is 0.266 e. The number of aromatic nitrogens is 1. The molecule has 0 amide bonds. The minimum Gasteiger partial charge on any atom is -0.486 e. The molecule has 0 bridgehead atoms. The third-order valence-corrected chi connectivity index (χ3v) is 5.38. The van der Waals surface area contributed by atoms with Gasteiger partial charge in [-0.1, -0.05) is 22.9 Å². The highest BCUT2D eigenvalue weighted by atomic mass is 79.9. The van der Waals surface area contributed by atoms with E-state index in [-0.39, 0.29) is 0 Å². The normalized spacial score (nSPS) is 14.8. The van der Waals surface area contributed by atoms with Crippen LogP contribution in [0.1, 0.15) is 31.2 Å². The first kappa shape index (κ1) is 18.6. The van der Waals surface area contributed by atoms with Gasteiger partial charge in [0.15, 0.2) is 5.76 Å². The van der Waals surface area contributed by atoms with Gasteiger partial charge in [0.25, 0.3) is 5.89 Å². The van der Waals surface area contributed by atoms with Crippen molar-refractivity contribution in [2.75, 3.05) is 18.0 Å². The number of anilines is 1. The Balaban J connectivity index is 1.47. The van der Waals surface area contributed by atoms with Gasteiger partial charge in [0.05, 0.1) is 0 Å². The quantitative estimate of drug-likeness (QED) is 0.528. The number of hydrogen-bond donors (Lipinski definition) is 0. The molecular formula is C21H20BrN3O3. The van der Waals surface area contributed by atoms with Crippen LogP contribution in [0, 0.1) is 17.2 Å². The third-order valence-electron chi connectivity index (χ3n) is 4.85. The van der Waals surface area contributed by atoms with Crippen molar-refractivity contribution in [3.63, 3.8) is 0 Å². The summed E-state index contributed by atoms with van der Waals surface area (Å²) in [4.78, 5) is 6.42. The molecule has 0 atom stereocenters. The van der Waals surface area contributed by atoms with Crippen LogP contribution in [0.2, 0.25) is 0 Å². The molecule has 0 radical (unpaired) electrons. The lowest BCUT2D eigenvalue weighted by molar-refractivity contribution is 0.271. The molecule has 0 saturated carbocycles. The second kappa shape index (κ2) is 8.11. The van der Waals surface area contributed by atoms with Crippen molar-refractivity contribution in [3.05, 3.63) is 52.3 Å².